The molecule has 1 atom stereocenters. The fourth-order valence-electron chi connectivity index (χ4n) is 4.68. The number of carbonyl (C=O) groups is 2. The van der Waals surface area contributed by atoms with E-state index in [4.69, 9.17) is 23.2 Å². The number of anilines is 1. The number of amides is 2. The Bertz CT molecular complexity index is 1450. The van der Waals surface area contributed by atoms with Gasteiger partial charge in [-0.1, -0.05) is 82.3 Å². The third-order valence-electron chi connectivity index (χ3n) is 6.92. The average molecular weight is 667 g/mol. The van der Waals surface area contributed by atoms with Crippen molar-refractivity contribution in [1.82, 2.24) is 10.2 Å². The van der Waals surface area contributed by atoms with Crippen LogP contribution in [0.2, 0.25) is 10.0 Å². The lowest BCUT2D eigenvalue weighted by molar-refractivity contribution is -0.139. The molecule has 7 nitrogen and oxygen atoms in total. The molecule has 40 heavy (non-hydrogen) atoms. The normalized spacial score (nSPS) is 14.5. The zero-order chi connectivity index (χ0) is 28.9. The molecular weight excluding hydrogens is 637 g/mol. The summed E-state index contributed by atoms with van der Waals surface area (Å²) in [7, 11) is -4.21. The fourth-order valence-corrected chi connectivity index (χ4v) is 6.96. The van der Waals surface area contributed by atoms with Crippen LogP contribution in [-0.2, 0) is 26.2 Å². The molecule has 3 aromatic rings. The standard InChI is InChI=1S/C29H30BrCl2N3O4S/c1-20(29(37)33-24-7-5-6-8-24)34(18-21-11-13-22(30)14-12-21)28(36)19-35(27-16-15-23(31)17-26(27)32)40(38,39)25-9-3-2-4-10-25/h2-4,9-17,20,24H,5-8,18-19H2,1H3,(H,33,37)/t20-/m0/s1. The number of halogens is 3. The summed E-state index contributed by atoms with van der Waals surface area (Å²) in [6.07, 6.45) is 3.90. The van der Waals surface area contributed by atoms with Gasteiger partial charge in [-0.05, 0) is 67.8 Å². The van der Waals surface area contributed by atoms with Crippen LogP contribution in [0, 0.1) is 0 Å². The molecule has 212 valence electrons. The van der Waals surface area contributed by atoms with Crippen LogP contribution in [0.15, 0.2) is 82.2 Å². The van der Waals surface area contributed by atoms with Crippen molar-refractivity contribution in [3.8, 4) is 0 Å². The Kier molecular flexibility index (Phi) is 10.2. The number of hydrogen-bond donors (Lipinski definition) is 1. The number of nitrogens with one attached hydrogen (secondary N) is 1. The molecule has 0 heterocycles. The van der Waals surface area contributed by atoms with Crippen molar-refractivity contribution in [1.29, 1.82) is 0 Å². The van der Waals surface area contributed by atoms with Crippen LogP contribution >= 0.6 is 39.1 Å². The highest BCUT2D eigenvalue weighted by Crippen LogP contribution is 2.33. The summed E-state index contributed by atoms with van der Waals surface area (Å²) in [5, 5.41) is 3.46. The van der Waals surface area contributed by atoms with Crippen molar-refractivity contribution < 1.29 is 18.0 Å². The molecule has 0 unspecified atom stereocenters. The maximum Gasteiger partial charge on any atom is 0.264 e. The van der Waals surface area contributed by atoms with Crippen molar-refractivity contribution in [2.24, 2.45) is 0 Å². The van der Waals surface area contributed by atoms with Gasteiger partial charge in [0.25, 0.3) is 10.0 Å². The maximum atomic E-state index is 14.0. The van der Waals surface area contributed by atoms with Crippen LogP contribution in [0.5, 0.6) is 0 Å². The van der Waals surface area contributed by atoms with E-state index in [0.29, 0.717) is 5.02 Å². The number of nitrogens with zero attached hydrogens (tertiary/aromatic N) is 2. The van der Waals surface area contributed by atoms with Gasteiger partial charge in [-0.3, -0.25) is 13.9 Å². The van der Waals surface area contributed by atoms with Crippen LogP contribution in [0.3, 0.4) is 0 Å². The van der Waals surface area contributed by atoms with Gasteiger partial charge in [-0.25, -0.2) is 8.42 Å². The van der Waals surface area contributed by atoms with E-state index in [2.05, 4.69) is 21.2 Å². The zero-order valence-corrected chi connectivity index (χ0v) is 25.8. The first-order valence-corrected chi connectivity index (χ1v) is 15.9. The minimum atomic E-state index is -4.21. The van der Waals surface area contributed by atoms with Crippen LogP contribution in [0.4, 0.5) is 5.69 Å². The van der Waals surface area contributed by atoms with E-state index in [9.17, 15) is 18.0 Å². The van der Waals surface area contributed by atoms with E-state index >= 15 is 0 Å². The van der Waals surface area contributed by atoms with Gasteiger partial charge in [0, 0.05) is 22.1 Å². The third kappa shape index (κ3) is 7.37. The number of rotatable bonds is 10. The third-order valence-corrected chi connectivity index (χ3v) is 9.76. The molecule has 0 bridgehead atoms. The van der Waals surface area contributed by atoms with Crippen LogP contribution < -0.4 is 9.62 Å². The van der Waals surface area contributed by atoms with Crippen LogP contribution in [0.25, 0.3) is 0 Å². The lowest BCUT2D eigenvalue weighted by atomic mass is 10.1. The molecular formula is C29H30BrCl2N3O4S. The Hall–Kier alpha value is -2.59. The highest BCUT2D eigenvalue weighted by molar-refractivity contribution is 9.10. The topological polar surface area (TPSA) is 86.8 Å². The van der Waals surface area contributed by atoms with E-state index in [1.807, 2.05) is 24.3 Å². The van der Waals surface area contributed by atoms with Gasteiger partial charge in [-0.2, -0.15) is 0 Å². The molecule has 3 aromatic carbocycles. The number of hydrogen-bond acceptors (Lipinski definition) is 4. The Morgan fingerprint density at radius 1 is 1.00 bits per heavy atom. The van der Waals surface area contributed by atoms with Gasteiger partial charge in [0.15, 0.2) is 0 Å². The molecule has 4 rings (SSSR count). The van der Waals surface area contributed by atoms with E-state index < -0.39 is 28.5 Å². The summed E-state index contributed by atoms with van der Waals surface area (Å²) >= 11 is 15.9. The molecule has 0 radical (unpaired) electrons. The first-order valence-electron chi connectivity index (χ1n) is 12.9. The second-order valence-corrected chi connectivity index (χ2v) is 13.4. The zero-order valence-electron chi connectivity index (χ0n) is 21.9. The largest absolute Gasteiger partial charge is 0.352 e. The van der Waals surface area contributed by atoms with Crippen molar-refractivity contribution in [2.75, 3.05) is 10.8 Å². The predicted molar refractivity (Wildman–Crippen MR) is 162 cm³/mol. The van der Waals surface area contributed by atoms with Gasteiger partial charge in [0.2, 0.25) is 11.8 Å². The summed E-state index contributed by atoms with van der Waals surface area (Å²) in [5.41, 5.74) is 0.897. The van der Waals surface area contributed by atoms with E-state index in [0.717, 1.165) is 40.0 Å². The number of benzene rings is 3. The number of sulfonamides is 1. The first-order chi connectivity index (χ1) is 19.1. The van der Waals surface area contributed by atoms with Gasteiger partial charge < -0.3 is 10.2 Å². The first kappa shape index (κ1) is 30.4. The molecule has 2 amide bonds. The van der Waals surface area contributed by atoms with Crippen molar-refractivity contribution in [3.05, 3.63) is 92.9 Å². The Morgan fingerprint density at radius 2 is 1.65 bits per heavy atom. The van der Waals surface area contributed by atoms with Crippen molar-refractivity contribution >= 4 is 66.7 Å². The minimum Gasteiger partial charge on any atom is -0.352 e. The SMILES string of the molecule is C[C@@H](C(=O)NC1CCCC1)N(Cc1ccc(Br)cc1)C(=O)CN(c1ccc(Cl)cc1Cl)S(=O)(=O)c1ccccc1. The van der Waals surface area contributed by atoms with Gasteiger partial charge in [0.05, 0.1) is 15.6 Å². The predicted octanol–water partition coefficient (Wildman–Crippen LogP) is 6.43. The summed E-state index contributed by atoms with van der Waals surface area (Å²) < 4.78 is 29.5. The molecule has 1 N–H and O–H groups in total. The summed E-state index contributed by atoms with van der Waals surface area (Å²) in [6.45, 7) is 1.20. The van der Waals surface area contributed by atoms with Crippen LogP contribution in [-0.4, -0.2) is 43.8 Å². The molecule has 1 aliphatic rings. The van der Waals surface area contributed by atoms with Crippen molar-refractivity contribution in [3.63, 3.8) is 0 Å². The van der Waals surface area contributed by atoms with E-state index in [1.54, 1.807) is 25.1 Å². The highest BCUT2D eigenvalue weighted by atomic mass is 79.9. The molecule has 0 aromatic heterocycles. The molecule has 1 aliphatic carbocycles. The molecule has 1 saturated carbocycles. The van der Waals surface area contributed by atoms with Crippen LogP contribution in [0.1, 0.15) is 38.2 Å². The van der Waals surface area contributed by atoms with E-state index in [-0.39, 0.29) is 34.1 Å². The monoisotopic (exact) mass is 665 g/mol. The van der Waals surface area contributed by atoms with E-state index in [1.165, 1.54) is 35.2 Å². The second-order valence-electron chi connectivity index (χ2n) is 9.73. The number of carbonyl (C=O) groups excluding carboxylic acids is 2. The Balaban J connectivity index is 1.70. The Morgan fingerprint density at radius 3 is 2.27 bits per heavy atom. The molecule has 0 saturated heterocycles. The fraction of sp³-hybridized carbons (Fsp3) is 0.310. The molecule has 0 spiro atoms. The second kappa shape index (κ2) is 13.4. The summed E-state index contributed by atoms with van der Waals surface area (Å²) in [5.74, 6) is -0.832. The van der Waals surface area contributed by atoms with Crippen molar-refractivity contribution in [2.45, 2.75) is 56.1 Å². The average Bonchev–Trinajstić information content (AvgIpc) is 3.45. The molecule has 1 fully saturated rings. The summed E-state index contributed by atoms with van der Waals surface area (Å²) in [6, 6.07) is 18.8. The summed E-state index contributed by atoms with van der Waals surface area (Å²) in [4.78, 5) is 28.7. The highest BCUT2D eigenvalue weighted by Gasteiger charge is 2.34. The van der Waals surface area contributed by atoms with Gasteiger partial charge in [-0.15, -0.1) is 0 Å². The minimum absolute atomic E-state index is 0.000279. The smallest absolute Gasteiger partial charge is 0.264 e. The molecule has 0 aliphatic heterocycles. The Labute approximate surface area is 253 Å². The molecule has 11 heteroatoms. The van der Waals surface area contributed by atoms with Gasteiger partial charge in [0.1, 0.15) is 12.6 Å². The maximum absolute atomic E-state index is 14.0. The quantitative estimate of drug-likeness (QED) is 0.270. The lowest BCUT2D eigenvalue weighted by Gasteiger charge is -2.32. The lowest BCUT2D eigenvalue weighted by Crippen LogP contribution is -2.52. The van der Waals surface area contributed by atoms with Gasteiger partial charge >= 0.3 is 0 Å².